The fraction of sp³-hybridized carbons (Fsp3) is 0.440. The summed E-state index contributed by atoms with van der Waals surface area (Å²) >= 11 is 1.26. The van der Waals surface area contributed by atoms with Crippen molar-refractivity contribution in [3.63, 3.8) is 0 Å². The first kappa shape index (κ1) is 25.0. The summed E-state index contributed by atoms with van der Waals surface area (Å²) in [6.07, 6.45) is 0.983. The maximum atomic E-state index is 15.1. The SMILES string of the molecule is C[C@@H]1CN(c2nc(-c3ccc(C(F)(F)F)cc3F)c3sc(N(C)C)nc3n2)C[C@H](c2cnn(C3CC3)c2)O1. The van der Waals surface area contributed by atoms with Crippen LogP contribution in [0.2, 0.25) is 0 Å². The topological polar surface area (TPSA) is 72.2 Å². The van der Waals surface area contributed by atoms with Gasteiger partial charge in [-0.05, 0) is 38.0 Å². The van der Waals surface area contributed by atoms with E-state index in [1.54, 1.807) is 4.90 Å². The number of aromatic nitrogens is 5. The number of hydrogen-bond acceptors (Lipinski definition) is 8. The second kappa shape index (κ2) is 9.16. The third kappa shape index (κ3) is 4.68. The van der Waals surface area contributed by atoms with Crippen LogP contribution in [0, 0.1) is 5.82 Å². The molecule has 0 bridgehead atoms. The summed E-state index contributed by atoms with van der Waals surface area (Å²) in [6, 6.07) is 2.93. The molecule has 2 fully saturated rings. The Hall–Kier alpha value is -3.32. The molecular weight excluding hydrogens is 522 g/mol. The van der Waals surface area contributed by atoms with Crippen LogP contribution in [0.5, 0.6) is 0 Å². The molecule has 0 amide bonds. The molecule has 2 aliphatic rings. The highest BCUT2D eigenvalue weighted by molar-refractivity contribution is 7.22. The second-order valence-corrected chi connectivity index (χ2v) is 10.9. The predicted octanol–water partition coefficient (Wildman–Crippen LogP) is 5.48. The molecular formula is C25H25F4N7OS. The largest absolute Gasteiger partial charge is 0.416 e. The van der Waals surface area contributed by atoms with Crippen LogP contribution >= 0.6 is 11.3 Å². The average molecular weight is 548 g/mol. The fourth-order valence-corrected chi connectivity index (χ4v) is 5.49. The number of morpholine rings is 1. The Kier molecular flexibility index (Phi) is 6.02. The van der Waals surface area contributed by atoms with Gasteiger partial charge in [0.25, 0.3) is 0 Å². The summed E-state index contributed by atoms with van der Waals surface area (Å²) in [5.41, 5.74) is 0.421. The van der Waals surface area contributed by atoms with Gasteiger partial charge in [0.2, 0.25) is 5.95 Å². The number of ether oxygens (including phenoxy) is 1. The van der Waals surface area contributed by atoms with Crippen molar-refractivity contribution in [2.24, 2.45) is 0 Å². The minimum absolute atomic E-state index is 0.0378. The van der Waals surface area contributed by atoms with E-state index in [-0.39, 0.29) is 23.5 Å². The maximum Gasteiger partial charge on any atom is 0.416 e. The van der Waals surface area contributed by atoms with Crippen molar-refractivity contribution in [2.75, 3.05) is 37.0 Å². The first-order valence-corrected chi connectivity index (χ1v) is 13.1. The summed E-state index contributed by atoms with van der Waals surface area (Å²) in [5.74, 6) is -0.691. The van der Waals surface area contributed by atoms with E-state index in [1.165, 1.54) is 11.3 Å². The zero-order valence-electron chi connectivity index (χ0n) is 20.9. The Morgan fingerprint density at radius 2 is 1.89 bits per heavy atom. The van der Waals surface area contributed by atoms with E-state index in [4.69, 9.17) is 9.72 Å². The van der Waals surface area contributed by atoms with Crippen molar-refractivity contribution in [3.8, 4) is 11.3 Å². The van der Waals surface area contributed by atoms with Gasteiger partial charge in [-0.25, -0.2) is 9.37 Å². The van der Waals surface area contributed by atoms with Crippen LogP contribution in [0.1, 0.15) is 43.0 Å². The molecule has 0 N–H and O–H groups in total. The van der Waals surface area contributed by atoms with E-state index in [0.29, 0.717) is 46.6 Å². The molecule has 4 heterocycles. The van der Waals surface area contributed by atoms with E-state index in [1.807, 2.05) is 43.0 Å². The Morgan fingerprint density at radius 3 is 2.58 bits per heavy atom. The lowest BCUT2D eigenvalue weighted by molar-refractivity contribution is -0.137. The standard InChI is InChI=1S/C25H25F4N7OS/c1-13-10-35(12-19(37-13)14-9-30-36(11-14)16-5-6-16)23-31-20(21-22(32-23)33-24(38-21)34(2)3)17-7-4-15(8-18(17)26)25(27,28)29/h4,7-9,11,13,16,19H,5-6,10,12H2,1-3H3/t13-,19-/m1/s1. The smallest absolute Gasteiger partial charge is 0.367 e. The highest BCUT2D eigenvalue weighted by Crippen LogP contribution is 2.39. The Morgan fingerprint density at radius 1 is 1.11 bits per heavy atom. The lowest BCUT2D eigenvalue weighted by Crippen LogP contribution is -2.43. The summed E-state index contributed by atoms with van der Waals surface area (Å²) < 4.78 is 63.3. The van der Waals surface area contributed by atoms with Crippen molar-refractivity contribution >= 4 is 32.8 Å². The van der Waals surface area contributed by atoms with Gasteiger partial charge >= 0.3 is 6.18 Å². The van der Waals surface area contributed by atoms with Crippen LogP contribution in [0.15, 0.2) is 30.6 Å². The van der Waals surface area contributed by atoms with E-state index in [9.17, 15) is 13.2 Å². The molecule has 0 spiro atoms. The van der Waals surface area contributed by atoms with Crippen molar-refractivity contribution in [1.29, 1.82) is 0 Å². The third-order valence-corrected chi connectivity index (χ3v) is 7.84. The third-order valence-electron chi connectivity index (χ3n) is 6.62. The molecule has 3 aromatic heterocycles. The van der Waals surface area contributed by atoms with Crippen LogP contribution in [0.25, 0.3) is 21.6 Å². The van der Waals surface area contributed by atoms with Gasteiger partial charge in [-0.2, -0.15) is 28.2 Å². The van der Waals surface area contributed by atoms with Crippen LogP contribution < -0.4 is 9.80 Å². The molecule has 38 heavy (non-hydrogen) atoms. The van der Waals surface area contributed by atoms with Crippen molar-refractivity contribution < 1.29 is 22.3 Å². The molecule has 1 saturated carbocycles. The van der Waals surface area contributed by atoms with Gasteiger partial charge in [0.05, 0.1) is 36.1 Å². The van der Waals surface area contributed by atoms with Crippen LogP contribution in [-0.2, 0) is 10.9 Å². The first-order valence-electron chi connectivity index (χ1n) is 12.2. The van der Waals surface area contributed by atoms with Gasteiger partial charge in [0, 0.05) is 38.0 Å². The number of fused-ring (bicyclic) bond motifs is 1. The molecule has 6 rings (SSSR count). The molecule has 13 heteroatoms. The molecule has 1 aliphatic heterocycles. The predicted molar refractivity (Wildman–Crippen MR) is 136 cm³/mol. The van der Waals surface area contributed by atoms with Gasteiger partial charge in [-0.1, -0.05) is 11.3 Å². The minimum atomic E-state index is -4.65. The quantitative estimate of drug-likeness (QED) is 0.307. The molecule has 0 unspecified atom stereocenters. The molecule has 1 aliphatic carbocycles. The number of benzene rings is 1. The number of hydrogen-bond donors (Lipinski definition) is 0. The highest BCUT2D eigenvalue weighted by Gasteiger charge is 2.33. The number of nitrogens with zero attached hydrogens (tertiary/aromatic N) is 7. The number of rotatable bonds is 5. The lowest BCUT2D eigenvalue weighted by atomic mass is 10.1. The summed E-state index contributed by atoms with van der Waals surface area (Å²) in [4.78, 5) is 17.7. The van der Waals surface area contributed by atoms with Crippen LogP contribution in [-0.4, -0.2) is 58.0 Å². The fourth-order valence-electron chi connectivity index (χ4n) is 4.56. The van der Waals surface area contributed by atoms with Crippen molar-refractivity contribution in [2.45, 2.75) is 44.2 Å². The monoisotopic (exact) mass is 547 g/mol. The highest BCUT2D eigenvalue weighted by atomic mass is 32.1. The van der Waals surface area contributed by atoms with Gasteiger partial charge in [0.1, 0.15) is 16.6 Å². The Balaban J connectivity index is 1.41. The molecule has 0 radical (unpaired) electrons. The maximum absolute atomic E-state index is 15.1. The van der Waals surface area contributed by atoms with Gasteiger partial charge in [0.15, 0.2) is 10.8 Å². The van der Waals surface area contributed by atoms with E-state index in [0.717, 1.165) is 30.5 Å². The van der Waals surface area contributed by atoms with Gasteiger partial charge in [-0.15, -0.1) is 0 Å². The Bertz CT molecular complexity index is 1500. The zero-order chi connectivity index (χ0) is 26.8. The zero-order valence-corrected chi connectivity index (χ0v) is 21.7. The number of alkyl halides is 3. The Labute approximate surface area is 219 Å². The molecule has 8 nitrogen and oxygen atoms in total. The van der Waals surface area contributed by atoms with Crippen LogP contribution in [0.4, 0.5) is 28.6 Å². The average Bonchev–Trinajstić information content (AvgIpc) is 3.42. The number of anilines is 2. The van der Waals surface area contributed by atoms with Crippen LogP contribution in [0.3, 0.4) is 0 Å². The minimum Gasteiger partial charge on any atom is -0.367 e. The molecule has 1 aromatic carbocycles. The molecule has 4 aromatic rings. The van der Waals surface area contributed by atoms with E-state index in [2.05, 4.69) is 15.1 Å². The first-order chi connectivity index (χ1) is 18.1. The molecule has 200 valence electrons. The molecule has 2 atom stereocenters. The normalized spacial score (nSPS) is 20.3. The van der Waals surface area contributed by atoms with Gasteiger partial charge in [-0.3, -0.25) is 4.68 Å². The number of thiazole rings is 1. The summed E-state index contributed by atoms with van der Waals surface area (Å²) in [5, 5.41) is 5.10. The second-order valence-electron chi connectivity index (χ2n) is 9.93. The van der Waals surface area contributed by atoms with Crippen molar-refractivity contribution in [1.82, 2.24) is 24.7 Å². The summed E-state index contributed by atoms with van der Waals surface area (Å²) in [7, 11) is 3.64. The van der Waals surface area contributed by atoms with Crippen molar-refractivity contribution in [3.05, 3.63) is 47.5 Å². The lowest BCUT2D eigenvalue weighted by Gasteiger charge is -2.36. The molecule has 1 saturated heterocycles. The van der Waals surface area contributed by atoms with E-state index < -0.39 is 17.6 Å². The van der Waals surface area contributed by atoms with E-state index >= 15 is 4.39 Å². The van der Waals surface area contributed by atoms with Gasteiger partial charge < -0.3 is 14.5 Å². The summed E-state index contributed by atoms with van der Waals surface area (Å²) in [6.45, 7) is 2.87. The number of halogens is 4.